The highest BCUT2D eigenvalue weighted by Crippen LogP contribution is 2.28. The van der Waals surface area contributed by atoms with Crippen molar-refractivity contribution in [1.82, 2.24) is 31.9 Å². The number of carboxylic acids is 1. The Morgan fingerprint density at radius 3 is 1.82 bits per heavy atom. The molecule has 19 nitrogen and oxygen atoms in total. The summed E-state index contributed by atoms with van der Waals surface area (Å²) in [6.45, 7) is 8.35. The van der Waals surface area contributed by atoms with Crippen LogP contribution in [0, 0.1) is 5.92 Å². The zero-order chi connectivity index (χ0) is 38.1. The molecule has 0 heterocycles. The first kappa shape index (κ1) is 42.7. The smallest absolute Gasteiger partial charge is 0.306 e. The van der Waals surface area contributed by atoms with Crippen LogP contribution < -0.4 is 37.6 Å². The van der Waals surface area contributed by atoms with E-state index in [1.165, 1.54) is 26.8 Å². The van der Waals surface area contributed by atoms with Crippen molar-refractivity contribution in [2.75, 3.05) is 6.61 Å². The molecule has 0 radical (unpaired) electrons. The predicted octanol–water partition coefficient (Wildman–Crippen LogP) is -2.80. The van der Waals surface area contributed by atoms with Crippen LogP contribution in [0.4, 0.5) is 0 Å². The lowest BCUT2D eigenvalue weighted by Crippen LogP contribution is -2.58. The van der Waals surface area contributed by atoms with Crippen molar-refractivity contribution in [3.05, 3.63) is 12.7 Å². The third-order valence-corrected chi connectivity index (χ3v) is 7.65. The minimum Gasteiger partial charge on any atom is -0.481 e. The van der Waals surface area contributed by atoms with E-state index >= 15 is 0 Å². The predicted molar refractivity (Wildman–Crippen MR) is 173 cm³/mol. The largest absolute Gasteiger partial charge is 0.481 e. The quantitative estimate of drug-likeness (QED) is 0.0341. The number of Topliss-reactive ketones (excluding diaryl/α,β-unsaturated/α-hetero) is 1. The number of aliphatic carboxylic acids is 1. The van der Waals surface area contributed by atoms with Gasteiger partial charge >= 0.3 is 11.9 Å². The zero-order valence-corrected chi connectivity index (χ0v) is 28.5. The van der Waals surface area contributed by atoms with Gasteiger partial charge < -0.3 is 47.5 Å². The maximum Gasteiger partial charge on any atom is 0.306 e. The summed E-state index contributed by atoms with van der Waals surface area (Å²) in [6.07, 6.45) is 2.94. The maximum absolute atomic E-state index is 12.9. The summed E-state index contributed by atoms with van der Waals surface area (Å²) in [5, 5.41) is 23.1. The van der Waals surface area contributed by atoms with Gasteiger partial charge in [0.05, 0.1) is 12.5 Å². The normalized spacial score (nSPS) is 16.1. The van der Waals surface area contributed by atoms with E-state index in [1.54, 1.807) is 0 Å². The third-order valence-electron chi connectivity index (χ3n) is 7.65. The highest BCUT2D eigenvalue weighted by Gasteiger charge is 2.34. The summed E-state index contributed by atoms with van der Waals surface area (Å²) < 4.78 is 4.78. The second-order valence-electron chi connectivity index (χ2n) is 11.9. The van der Waals surface area contributed by atoms with Crippen LogP contribution in [-0.4, -0.2) is 107 Å². The molecule has 6 atom stereocenters. The highest BCUT2D eigenvalue weighted by atomic mass is 16.5. The lowest BCUT2D eigenvalue weighted by Gasteiger charge is -2.25. The monoisotopic (exact) mass is 709 g/mol. The van der Waals surface area contributed by atoms with E-state index in [1.807, 2.05) is 5.32 Å². The van der Waals surface area contributed by atoms with E-state index < -0.39 is 102 Å². The molecule has 1 rings (SSSR count). The van der Waals surface area contributed by atoms with Crippen LogP contribution in [0.15, 0.2) is 12.7 Å². The molecule has 278 valence electrons. The van der Waals surface area contributed by atoms with Crippen molar-refractivity contribution in [2.24, 2.45) is 11.7 Å². The first-order chi connectivity index (χ1) is 23.4. The lowest BCUT2D eigenvalue weighted by molar-refractivity contribution is -0.144. The minimum atomic E-state index is -1.87. The standard InChI is InChI=1S/C31H47N7O12/c1-6-13-50-23(42)12-11-20(26(32)44)37-29(47)21(14-22(40)41)38-31(49)25(43)15(2)33-27(45)16(3)34-28(46)17(4)35-30(48)24(36-18(5)39)19-9-7-8-10-19/h6,15-17,19-21,24H,1,7-14H2,2-5H3,(H2,32,44)(H,33,45)(H,34,46)(H,35,48)(H,36,39)(H,37,47)(H,38,49)(H,40,41)/t15-,16-,17-,20-,21-,24-/m0/s1. The van der Waals surface area contributed by atoms with Gasteiger partial charge in [0, 0.05) is 13.3 Å². The molecule has 0 spiro atoms. The van der Waals surface area contributed by atoms with Gasteiger partial charge in [0.2, 0.25) is 41.2 Å². The fourth-order valence-electron chi connectivity index (χ4n) is 4.94. The van der Waals surface area contributed by atoms with Gasteiger partial charge in [-0.25, -0.2) is 0 Å². The molecule has 50 heavy (non-hydrogen) atoms. The Bertz CT molecular complexity index is 1330. The fraction of sp³-hybridized carbons (Fsp3) is 0.613. The Kier molecular flexibility index (Phi) is 17.8. The van der Waals surface area contributed by atoms with Gasteiger partial charge in [-0.1, -0.05) is 25.5 Å². The SMILES string of the molecule is C=CCOC(=O)CC[C@H](NC(=O)[C@H](CC(=O)O)NC(=O)C(=O)[C@H](C)NC(=O)[C@H](C)NC(=O)[C@H](C)NC(=O)[C@@H](NC(C)=O)C1CCCC1)C(N)=O. The van der Waals surface area contributed by atoms with Gasteiger partial charge in [0.15, 0.2) is 0 Å². The molecular weight excluding hydrogens is 662 g/mol. The van der Waals surface area contributed by atoms with Crippen molar-refractivity contribution < 1.29 is 57.8 Å². The number of rotatable bonds is 21. The van der Waals surface area contributed by atoms with E-state index in [9.17, 15) is 53.1 Å². The molecule has 19 heteroatoms. The van der Waals surface area contributed by atoms with Crippen molar-refractivity contribution in [1.29, 1.82) is 0 Å². The maximum atomic E-state index is 12.9. The number of hydrogen-bond donors (Lipinski definition) is 8. The van der Waals surface area contributed by atoms with E-state index in [-0.39, 0.29) is 25.4 Å². The summed E-state index contributed by atoms with van der Waals surface area (Å²) in [7, 11) is 0. The molecule has 9 N–H and O–H groups in total. The Hall–Kier alpha value is -5.36. The molecule has 0 unspecified atom stereocenters. The topological polar surface area (TPSA) is 298 Å². The van der Waals surface area contributed by atoms with Gasteiger partial charge in [0.1, 0.15) is 36.8 Å². The van der Waals surface area contributed by atoms with Gasteiger partial charge in [-0.2, -0.15) is 0 Å². The highest BCUT2D eigenvalue weighted by molar-refractivity contribution is 6.38. The lowest BCUT2D eigenvalue weighted by atomic mass is 9.97. The number of carboxylic acid groups (broad SMARTS) is 1. The average molecular weight is 710 g/mol. The van der Waals surface area contributed by atoms with Crippen LogP contribution in [0.1, 0.15) is 72.6 Å². The molecule has 7 amide bonds. The van der Waals surface area contributed by atoms with Crippen LogP contribution in [0.2, 0.25) is 0 Å². The van der Waals surface area contributed by atoms with Crippen molar-refractivity contribution in [3.63, 3.8) is 0 Å². The van der Waals surface area contributed by atoms with Gasteiger partial charge in [-0.15, -0.1) is 0 Å². The molecule has 1 saturated carbocycles. The number of hydrogen-bond acceptors (Lipinski definition) is 11. The van der Waals surface area contributed by atoms with Crippen LogP contribution in [0.25, 0.3) is 0 Å². The second-order valence-corrected chi connectivity index (χ2v) is 11.9. The van der Waals surface area contributed by atoms with E-state index in [2.05, 4.69) is 33.2 Å². The zero-order valence-electron chi connectivity index (χ0n) is 28.5. The molecule has 1 aliphatic carbocycles. The number of amides is 7. The number of nitrogens with two attached hydrogens (primary N) is 1. The molecule has 0 aromatic carbocycles. The number of primary amides is 1. The molecule has 0 aliphatic heterocycles. The van der Waals surface area contributed by atoms with Crippen molar-refractivity contribution in [2.45, 2.75) is 109 Å². The molecule has 1 aliphatic rings. The second kappa shape index (κ2) is 20.9. The van der Waals surface area contributed by atoms with E-state index in [0.29, 0.717) is 0 Å². The number of nitrogens with one attached hydrogen (secondary N) is 6. The molecule has 1 fully saturated rings. The number of esters is 1. The van der Waals surface area contributed by atoms with Gasteiger partial charge in [-0.3, -0.25) is 47.9 Å². The van der Waals surface area contributed by atoms with Gasteiger partial charge in [-0.05, 0) is 46.0 Å². The summed E-state index contributed by atoms with van der Waals surface area (Å²) in [6, 6.07) is -8.04. The Balaban J connectivity index is 2.78. The summed E-state index contributed by atoms with van der Waals surface area (Å²) >= 11 is 0. The van der Waals surface area contributed by atoms with Crippen LogP contribution in [-0.2, 0) is 52.7 Å². The Labute approximate surface area is 288 Å². The summed E-state index contributed by atoms with van der Waals surface area (Å²) in [5.41, 5.74) is 5.27. The van der Waals surface area contributed by atoms with Crippen molar-refractivity contribution >= 4 is 59.1 Å². The number of ether oxygens (including phenoxy) is 1. The first-order valence-corrected chi connectivity index (χ1v) is 16.0. The average Bonchev–Trinajstić information content (AvgIpc) is 3.57. The molecule has 0 bridgehead atoms. The fourth-order valence-corrected chi connectivity index (χ4v) is 4.94. The Morgan fingerprint density at radius 2 is 1.32 bits per heavy atom. The van der Waals surface area contributed by atoms with E-state index in [0.717, 1.165) is 32.6 Å². The third kappa shape index (κ3) is 14.8. The van der Waals surface area contributed by atoms with Crippen LogP contribution >= 0.6 is 0 Å². The minimum absolute atomic E-state index is 0.0825. The van der Waals surface area contributed by atoms with Gasteiger partial charge in [0.25, 0.3) is 5.91 Å². The molecule has 0 aromatic rings. The van der Waals surface area contributed by atoms with E-state index in [4.69, 9.17) is 10.5 Å². The van der Waals surface area contributed by atoms with Crippen LogP contribution in [0.5, 0.6) is 0 Å². The number of carbonyl (C=O) groups is 10. The summed E-state index contributed by atoms with van der Waals surface area (Å²) in [5.74, 6) is -9.98. The first-order valence-electron chi connectivity index (χ1n) is 16.0. The Morgan fingerprint density at radius 1 is 0.780 bits per heavy atom. The summed E-state index contributed by atoms with van der Waals surface area (Å²) in [4.78, 5) is 123. The van der Waals surface area contributed by atoms with Crippen LogP contribution in [0.3, 0.4) is 0 Å². The molecular formula is C31H47N7O12. The molecule has 0 aromatic heterocycles. The van der Waals surface area contributed by atoms with Crippen molar-refractivity contribution in [3.8, 4) is 0 Å². The number of ketones is 1. The number of carbonyl (C=O) groups excluding carboxylic acids is 9. The molecule has 0 saturated heterocycles.